The van der Waals surface area contributed by atoms with Crippen LogP contribution < -0.4 is 0 Å². The van der Waals surface area contributed by atoms with Crippen molar-refractivity contribution in [3.8, 4) is 0 Å². The molecule has 1 rings (SSSR count). The zero-order chi connectivity index (χ0) is 16.2. The van der Waals surface area contributed by atoms with Gasteiger partial charge in [0.25, 0.3) is 0 Å². The highest BCUT2D eigenvalue weighted by atomic mass is 35.5. The van der Waals surface area contributed by atoms with Gasteiger partial charge in [-0.15, -0.1) is 0 Å². The zero-order valence-corrected chi connectivity index (χ0v) is 9.18. The Bertz CT molecular complexity index is 428. The van der Waals surface area contributed by atoms with E-state index < -0.39 is 35.3 Å². The summed E-state index contributed by atoms with van der Waals surface area (Å²) in [5, 5.41) is -2.69. The molecule has 0 fully saturated rings. The molecule has 14 heteroatoms. The molecule has 0 radical (unpaired) electrons. The Morgan fingerprint density at radius 2 is 1.35 bits per heavy atom. The number of halogens is 11. The Balaban J connectivity index is 3.10. The highest BCUT2D eigenvalue weighted by Crippen LogP contribution is 2.51. The van der Waals surface area contributed by atoms with Crippen molar-refractivity contribution in [1.82, 2.24) is 0 Å². The molecule has 1 aliphatic heterocycles. The maximum absolute atomic E-state index is 12.9. The first-order chi connectivity index (χ1) is 8.56. The molecule has 0 aromatic heterocycles. The third kappa shape index (κ3) is 2.31. The minimum absolute atomic E-state index is 1.72. The maximum atomic E-state index is 12.9. The van der Waals surface area contributed by atoms with Crippen molar-refractivity contribution >= 4 is 17.5 Å². The Hall–Kier alpha value is -1.14. The fraction of sp³-hybridized carbons (Fsp3) is 0.833. The summed E-state index contributed by atoms with van der Waals surface area (Å²) in [6, 6.07) is 0. The molecule has 0 aromatic rings. The second kappa shape index (κ2) is 4.18. The van der Waals surface area contributed by atoms with Crippen LogP contribution in [0.4, 0.5) is 43.9 Å². The Morgan fingerprint density at radius 1 is 0.900 bits per heavy atom. The van der Waals surface area contributed by atoms with Crippen LogP contribution in [0.2, 0.25) is 0 Å². The van der Waals surface area contributed by atoms with Crippen LogP contribution in [0.1, 0.15) is 0 Å². The second-order valence-electron chi connectivity index (χ2n) is 3.27. The third-order valence-electron chi connectivity index (χ3n) is 1.83. The lowest BCUT2D eigenvalue weighted by molar-refractivity contribution is -0.342. The molecule has 1 heterocycles. The van der Waals surface area contributed by atoms with E-state index in [2.05, 4.69) is 21.2 Å². The van der Waals surface area contributed by atoms with Crippen LogP contribution in [0.5, 0.6) is 0 Å². The second-order valence-corrected chi connectivity index (χ2v) is 3.77. The van der Waals surface area contributed by atoms with Crippen molar-refractivity contribution in [2.45, 2.75) is 29.4 Å². The molecule has 1 atom stereocenters. The molecule has 3 nitrogen and oxygen atoms in total. The van der Waals surface area contributed by atoms with E-state index in [1.165, 1.54) is 0 Å². The minimum atomic E-state index is -6.78. The first kappa shape index (κ1) is 16.9. The summed E-state index contributed by atoms with van der Waals surface area (Å²) in [6.45, 7) is 0. The summed E-state index contributed by atoms with van der Waals surface area (Å²) in [5.41, 5.74) is 0. The summed E-state index contributed by atoms with van der Waals surface area (Å²) >= 11 is 4.47. The van der Waals surface area contributed by atoms with Crippen LogP contribution in [0.25, 0.3) is 0 Å². The molecular formula is C6ClF10NO2. The smallest absolute Gasteiger partial charge is 0.409 e. The summed E-state index contributed by atoms with van der Waals surface area (Å²) in [6.07, 6.45) is -12.5. The Morgan fingerprint density at radius 3 is 1.65 bits per heavy atom. The van der Waals surface area contributed by atoms with E-state index in [1.54, 1.807) is 5.16 Å². The summed E-state index contributed by atoms with van der Waals surface area (Å²) in [7, 11) is 0. The van der Waals surface area contributed by atoms with Gasteiger partial charge in [0.1, 0.15) is 0 Å². The number of alkyl halides is 11. The molecule has 0 spiro atoms. The quantitative estimate of drug-likeness (QED) is 0.566. The van der Waals surface area contributed by atoms with Gasteiger partial charge >= 0.3 is 35.3 Å². The predicted octanol–water partition coefficient (Wildman–Crippen LogP) is 3.63. The van der Waals surface area contributed by atoms with Crippen molar-refractivity contribution in [2.24, 2.45) is 5.16 Å². The predicted molar refractivity (Wildman–Crippen MR) is 40.2 cm³/mol. The number of nitrogens with zero attached hydrogens (tertiary/aromatic N) is 1. The molecular weight excluding hydrogens is 344 g/mol. The number of hydrogen-bond acceptors (Lipinski definition) is 3. The van der Waals surface area contributed by atoms with Crippen LogP contribution in [0, 0.1) is 0 Å². The average Bonchev–Trinajstić information content (AvgIpc) is 2.59. The normalized spacial score (nSPS) is 25.1. The van der Waals surface area contributed by atoms with Gasteiger partial charge in [-0.25, -0.2) is 0 Å². The molecule has 20 heavy (non-hydrogen) atoms. The van der Waals surface area contributed by atoms with E-state index in [0.717, 1.165) is 0 Å². The Labute approximate surface area is 107 Å². The van der Waals surface area contributed by atoms with Gasteiger partial charge in [-0.2, -0.15) is 43.9 Å². The zero-order valence-electron chi connectivity index (χ0n) is 8.42. The fourth-order valence-corrected chi connectivity index (χ4v) is 0.913. The van der Waals surface area contributed by atoms with Crippen molar-refractivity contribution in [2.75, 3.05) is 0 Å². The lowest BCUT2D eigenvalue weighted by atomic mass is 10.1. The molecule has 0 aliphatic carbocycles. The van der Waals surface area contributed by atoms with E-state index in [4.69, 9.17) is 0 Å². The Kier molecular flexibility index (Phi) is 3.53. The largest absolute Gasteiger partial charge is 0.487 e. The first-order valence-electron chi connectivity index (χ1n) is 4.10. The van der Waals surface area contributed by atoms with Crippen LogP contribution in [-0.4, -0.2) is 35.3 Å². The highest BCUT2D eigenvalue weighted by molar-refractivity contribution is 6.23. The van der Waals surface area contributed by atoms with E-state index in [9.17, 15) is 43.9 Å². The summed E-state index contributed by atoms with van der Waals surface area (Å²) in [4.78, 5) is 3.14. The van der Waals surface area contributed by atoms with E-state index in [0.29, 0.717) is 0 Å². The van der Waals surface area contributed by atoms with Crippen molar-refractivity contribution in [1.29, 1.82) is 0 Å². The fourth-order valence-electron chi connectivity index (χ4n) is 0.805. The number of hydrogen-bond donors (Lipinski definition) is 0. The monoisotopic (exact) mass is 343 g/mol. The van der Waals surface area contributed by atoms with Crippen LogP contribution in [0.3, 0.4) is 0 Å². The molecule has 1 unspecified atom stereocenters. The maximum Gasteiger partial charge on any atom is 0.487 e. The lowest BCUT2D eigenvalue weighted by Crippen LogP contribution is -2.57. The standard InChI is InChI=1S/C6ClF10NO2/c7-4(6(15,16)17)19-1(18-20-4)2(8,9)3(10,11)5(12,13)14. The van der Waals surface area contributed by atoms with Crippen molar-refractivity contribution in [3.05, 3.63) is 0 Å². The number of rotatable bonds is 2. The van der Waals surface area contributed by atoms with Crippen molar-refractivity contribution < 1.29 is 53.5 Å². The van der Waals surface area contributed by atoms with Crippen LogP contribution in [0.15, 0.2) is 5.16 Å². The van der Waals surface area contributed by atoms with Gasteiger partial charge in [0.2, 0.25) is 0 Å². The molecule has 0 saturated carbocycles. The van der Waals surface area contributed by atoms with E-state index >= 15 is 0 Å². The lowest BCUT2D eigenvalue weighted by Gasteiger charge is -2.28. The topological polar surface area (TPSA) is 30.8 Å². The van der Waals surface area contributed by atoms with Gasteiger partial charge < -0.3 is 9.57 Å². The first-order valence-corrected chi connectivity index (χ1v) is 4.48. The molecule has 0 aromatic carbocycles. The van der Waals surface area contributed by atoms with Gasteiger partial charge in [-0.3, -0.25) is 0 Å². The van der Waals surface area contributed by atoms with Crippen LogP contribution in [-0.2, 0) is 9.57 Å². The van der Waals surface area contributed by atoms with Gasteiger partial charge in [-0.1, -0.05) is 0 Å². The van der Waals surface area contributed by atoms with Gasteiger partial charge in [-0.05, 0) is 16.8 Å². The highest BCUT2D eigenvalue weighted by Gasteiger charge is 2.79. The van der Waals surface area contributed by atoms with Gasteiger partial charge in [0, 0.05) is 0 Å². The minimum Gasteiger partial charge on any atom is -0.409 e. The molecule has 118 valence electrons. The molecule has 1 aliphatic rings. The average molecular weight is 344 g/mol. The molecule has 0 N–H and O–H groups in total. The SMILES string of the molecule is FC(F)(F)C1(Cl)ON=C(C(F)(F)C(F)(F)C(F)(F)F)O1. The number of ether oxygens (including phenoxy) is 1. The summed E-state index contributed by atoms with van der Waals surface area (Å²) < 4.78 is 126. The van der Waals surface area contributed by atoms with E-state index in [1.807, 2.05) is 0 Å². The molecule has 0 saturated heterocycles. The van der Waals surface area contributed by atoms with Gasteiger partial charge in [0.05, 0.1) is 0 Å². The van der Waals surface area contributed by atoms with Gasteiger partial charge in [0.15, 0.2) is 0 Å². The molecule has 0 amide bonds. The van der Waals surface area contributed by atoms with Crippen molar-refractivity contribution in [3.63, 3.8) is 0 Å². The molecule has 0 bridgehead atoms. The van der Waals surface area contributed by atoms with Crippen LogP contribution >= 0.6 is 11.6 Å². The summed E-state index contributed by atoms with van der Waals surface area (Å²) in [5.74, 6) is -16.0. The van der Waals surface area contributed by atoms with E-state index in [-0.39, 0.29) is 0 Å². The number of oxime groups is 1. The third-order valence-corrected chi connectivity index (χ3v) is 2.19.